The van der Waals surface area contributed by atoms with Gasteiger partial charge >= 0.3 is 0 Å². The number of ether oxygens (including phenoxy) is 3. The number of amides is 1. The normalized spacial score (nSPS) is 11.9. The number of H-pyrrole nitrogens is 1. The van der Waals surface area contributed by atoms with Crippen molar-refractivity contribution in [3.63, 3.8) is 0 Å². The van der Waals surface area contributed by atoms with Gasteiger partial charge in [-0.3, -0.25) is 4.79 Å². The van der Waals surface area contributed by atoms with Crippen molar-refractivity contribution in [3.8, 4) is 28.4 Å². The Morgan fingerprint density at radius 2 is 1.64 bits per heavy atom. The molecule has 0 aliphatic rings. The van der Waals surface area contributed by atoms with E-state index in [9.17, 15) is 9.90 Å². The number of hydrogen-bond acceptors (Lipinski definition) is 5. The van der Waals surface area contributed by atoms with Gasteiger partial charge in [0.05, 0.1) is 38.5 Å². The van der Waals surface area contributed by atoms with Crippen LogP contribution in [0.1, 0.15) is 29.8 Å². The number of para-hydroxylation sites is 1. The van der Waals surface area contributed by atoms with Crippen LogP contribution in [-0.2, 0) is 6.42 Å². The molecule has 36 heavy (non-hydrogen) atoms. The smallest absolute Gasteiger partial charge is 0.255 e. The fraction of sp³-hybridized carbons (Fsp3) is 0.276. The number of nitrogens with one attached hydrogen (secondary N) is 2. The first-order valence-electron chi connectivity index (χ1n) is 11.9. The maximum absolute atomic E-state index is 13.5. The average molecular weight is 489 g/mol. The predicted molar refractivity (Wildman–Crippen MR) is 141 cm³/mol. The molecule has 7 heteroatoms. The van der Waals surface area contributed by atoms with Gasteiger partial charge in [0.15, 0.2) is 11.5 Å². The zero-order chi connectivity index (χ0) is 25.7. The van der Waals surface area contributed by atoms with Crippen LogP contribution < -0.4 is 19.5 Å². The second-order valence-electron chi connectivity index (χ2n) is 8.86. The number of aromatic nitrogens is 1. The van der Waals surface area contributed by atoms with E-state index in [4.69, 9.17) is 14.2 Å². The molecule has 3 N–H and O–H groups in total. The van der Waals surface area contributed by atoms with Crippen molar-refractivity contribution in [1.29, 1.82) is 0 Å². The van der Waals surface area contributed by atoms with Crippen molar-refractivity contribution in [3.05, 3.63) is 78.0 Å². The van der Waals surface area contributed by atoms with E-state index in [1.54, 1.807) is 26.4 Å². The molecule has 4 aromatic rings. The lowest BCUT2D eigenvalue weighted by Crippen LogP contribution is -2.39. The van der Waals surface area contributed by atoms with Crippen molar-refractivity contribution in [2.75, 3.05) is 20.8 Å². The molecule has 0 saturated carbocycles. The minimum atomic E-state index is -0.464. The van der Waals surface area contributed by atoms with Gasteiger partial charge in [-0.2, -0.15) is 0 Å². The summed E-state index contributed by atoms with van der Waals surface area (Å²) in [6, 6.07) is 18.6. The third-order valence-electron chi connectivity index (χ3n) is 6.00. The van der Waals surface area contributed by atoms with Crippen LogP contribution in [0, 0.1) is 0 Å². The van der Waals surface area contributed by atoms with Gasteiger partial charge in [0.1, 0.15) is 5.75 Å². The van der Waals surface area contributed by atoms with E-state index in [0.29, 0.717) is 29.2 Å². The lowest BCUT2D eigenvalue weighted by Gasteiger charge is -2.19. The second kappa shape index (κ2) is 11.2. The topological polar surface area (TPSA) is 92.8 Å². The van der Waals surface area contributed by atoms with Gasteiger partial charge in [0, 0.05) is 17.1 Å². The summed E-state index contributed by atoms with van der Waals surface area (Å²) < 4.78 is 16.7. The van der Waals surface area contributed by atoms with Gasteiger partial charge in [0.25, 0.3) is 5.91 Å². The molecule has 0 saturated heterocycles. The number of methoxy groups -OCH3 is 2. The van der Waals surface area contributed by atoms with Crippen molar-refractivity contribution in [1.82, 2.24) is 10.3 Å². The molecule has 3 aromatic carbocycles. The summed E-state index contributed by atoms with van der Waals surface area (Å²) >= 11 is 0. The van der Waals surface area contributed by atoms with E-state index in [1.165, 1.54) is 0 Å². The molecule has 1 heterocycles. The number of fused-ring (bicyclic) bond motifs is 1. The number of benzene rings is 3. The molecule has 0 spiro atoms. The van der Waals surface area contributed by atoms with Crippen LogP contribution in [0.3, 0.4) is 0 Å². The van der Waals surface area contributed by atoms with Gasteiger partial charge in [-0.1, -0.05) is 30.3 Å². The fourth-order valence-corrected chi connectivity index (χ4v) is 4.25. The van der Waals surface area contributed by atoms with Crippen molar-refractivity contribution in [2.24, 2.45) is 0 Å². The molecule has 1 aromatic heterocycles. The Bertz CT molecular complexity index is 1340. The molecule has 1 unspecified atom stereocenters. The highest BCUT2D eigenvalue weighted by Crippen LogP contribution is 2.34. The quantitative estimate of drug-likeness (QED) is 0.293. The summed E-state index contributed by atoms with van der Waals surface area (Å²) in [5.74, 6) is 1.40. The van der Waals surface area contributed by atoms with Crippen molar-refractivity contribution in [2.45, 2.75) is 32.4 Å². The first-order chi connectivity index (χ1) is 17.4. The summed E-state index contributed by atoms with van der Waals surface area (Å²) in [5.41, 5.74) is 4.14. The summed E-state index contributed by atoms with van der Waals surface area (Å²) in [6.07, 6.45) is 2.30. The number of carbonyl (C=O) groups is 1. The minimum absolute atomic E-state index is 0.108. The summed E-state index contributed by atoms with van der Waals surface area (Å²) in [7, 11) is 3.18. The molecule has 0 fully saturated rings. The second-order valence-corrected chi connectivity index (χ2v) is 8.86. The average Bonchev–Trinajstić information content (AvgIpc) is 3.30. The van der Waals surface area contributed by atoms with Gasteiger partial charge in [-0.05, 0) is 67.3 Å². The molecular formula is C29H32N2O5. The third kappa shape index (κ3) is 5.47. The highest BCUT2D eigenvalue weighted by atomic mass is 16.5. The van der Waals surface area contributed by atoms with E-state index in [2.05, 4.69) is 10.3 Å². The van der Waals surface area contributed by atoms with E-state index < -0.39 is 6.04 Å². The van der Waals surface area contributed by atoms with E-state index >= 15 is 0 Å². The summed E-state index contributed by atoms with van der Waals surface area (Å²) in [6.45, 7) is 3.63. The molecule has 7 nitrogen and oxygen atoms in total. The summed E-state index contributed by atoms with van der Waals surface area (Å²) in [5, 5.41) is 14.1. The fourth-order valence-electron chi connectivity index (χ4n) is 4.25. The summed E-state index contributed by atoms with van der Waals surface area (Å²) in [4.78, 5) is 16.7. The van der Waals surface area contributed by atoms with E-state index in [1.807, 2.05) is 68.6 Å². The first kappa shape index (κ1) is 25.1. The number of aliphatic hydroxyl groups excluding tert-OH is 1. The number of hydrogen-bond donors (Lipinski definition) is 3. The molecule has 1 atom stereocenters. The number of rotatable bonds is 10. The standard InChI is InChI=1S/C29H32N2O5/c1-18(2)36-26-11-9-19(20-10-12-27(34-3)28(15-20)35-4)14-24(26)29(33)31-22(17-32)13-21-16-30-25-8-6-5-7-23(21)25/h5-12,14-16,18,22,30,32H,13,17H2,1-4H3,(H,31,33). The van der Waals surface area contributed by atoms with Gasteiger partial charge in [-0.15, -0.1) is 0 Å². The molecule has 0 aliphatic heterocycles. The largest absolute Gasteiger partial charge is 0.493 e. The molecule has 0 bridgehead atoms. The SMILES string of the molecule is COc1ccc(-c2ccc(OC(C)C)c(C(=O)NC(CO)Cc3c[nH]c4ccccc34)c2)cc1OC. The first-order valence-corrected chi connectivity index (χ1v) is 11.9. The van der Waals surface area contributed by atoms with Crippen LogP contribution in [0.25, 0.3) is 22.0 Å². The molecule has 4 rings (SSSR count). The maximum Gasteiger partial charge on any atom is 0.255 e. The van der Waals surface area contributed by atoms with Crippen LogP contribution in [-0.4, -0.2) is 49.0 Å². The molecule has 0 radical (unpaired) electrons. The van der Waals surface area contributed by atoms with Crippen LogP contribution in [0.2, 0.25) is 0 Å². The lowest BCUT2D eigenvalue weighted by molar-refractivity contribution is 0.0910. The van der Waals surface area contributed by atoms with Gasteiger partial charge in [0.2, 0.25) is 0 Å². The third-order valence-corrected chi connectivity index (χ3v) is 6.00. The minimum Gasteiger partial charge on any atom is -0.493 e. The zero-order valence-corrected chi connectivity index (χ0v) is 21.0. The Morgan fingerprint density at radius 1 is 0.944 bits per heavy atom. The predicted octanol–water partition coefficient (Wildman–Crippen LogP) is 4.97. The monoisotopic (exact) mass is 488 g/mol. The maximum atomic E-state index is 13.5. The zero-order valence-electron chi connectivity index (χ0n) is 21.0. The Labute approximate surface area is 211 Å². The Hall–Kier alpha value is -3.97. The highest BCUT2D eigenvalue weighted by Gasteiger charge is 2.20. The van der Waals surface area contributed by atoms with Crippen molar-refractivity contribution < 1.29 is 24.1 Å². The lowest BCUT2D eigenvalue weighted by atomic mass is 10.0. The molecule has 0 aliphatic carbocycles. The van der Waals surface area contributed by atoms with Crippen LogP contribution in [0.15, 0.2) is 66.9 Å². The van der Waals surface area contributed by atoms with Gasteiger partial charge in [-0.25, -0.2) is 0 Å². The van der Waals surface area contributed by atoms with Crippen LogP contribution in [0.5, 0.6) is 17.2 Å². The number of aromatic amines is 1. The molecule has 188 valence electrons. The van der Waals surface area contributed by atoms with Crippen molar-refractivity contribution >= 4 is 16.8 Å². The van der Waals surface area contributed by atoms with E-state index in [0.717, 1.165) is 27.6 Å². The highest BCUT2D eigenvalue weighted by molar-refractivity contribution is 5.98. The van der Waals surface area contributed by atoms with E-state index in [-0.39, 0.29) is 18.6 Å². The van der Waals surface area contributed by atoms with Crippen LogP contribution in [0.4, 0.5) is 0 Å². The number of aliphatic hydroxyl groups is 1. The Balaban J connectivity index is 1.63. The molecule has 1 amide bonds. The molecular weight excluding hydrogens is 456 g/mol. The van der Waals surface area contributed by atoms with Gasteiger partial charge < -0.3 is 29.6 Å². The Morgan fingerprint density at radius 3 is 2.33 bits per heavy atom. The van der Waals surface area contributed by atoms with Crippen LogP contribution >= 0.6 is 0 Å². The number of carbonyl (C=O) groups excluding carboxylic acids is 1. The Kier molecular flexibility index (Phi) is 7.80.